The molecule has 7 nitrogen and oxygen atoms in total. The van der Waals surface area contributed by atoms with E-state index in [0.717, 1.165) is 12.1 Å². The van der Waals surface area contributed by atoms with Gasteiger partial charge in [-0.3, -0.25) is 0 Å². The molecule has 1 amide bonds. The molecule has 0 spiro atoms. The summed E-state index contributed by atoms with van der Waals surface area (Å²) in [5.74, 6) is -2.43. The number of carboxylic acids is 1. The van der Waals surface area contributed by atoms with Gasteiger partial charge in [-0.15, -0.1) is 0 Å². The van der Waals surface area contributed by atoms with E-state index in [0.29, 0.717) is 12.4 Å². The lowest BCUT2D eigenvalue weighted by Crippen LogP contribution is -2.32. The number of hydrogen-bond donors (Lipinski definition) is 3. The number of carbonyl (C=O) groups excluding carboxylic acids is 1. The first-order chi connectivity index (χ1) is 14.5. The molecule has 0 aliphatic carbocycles. The van der Waals surface area contributed by atoms with Crippen molar-refractivity contribution >= 4 is 17.7 Å². The van der Waals surface area contributed by atoms with Crippen LogP contribution in [0.1, 0.15) is 44.9 Å². The van der Waals surface area contributed by atoms with E-state index >= 15 is 0 Å². The Kier molecular flexibility index (Phi) is 7.79. The number of benzene rings is 2. The van der Waals surface area contributed by atoms with Crippen LogP contribution >= 0.6 is 0 Å². The molecular weight excluding hydrogens is 410 g/mol. The maximum absolute atomic E-state index is 14.5. The monoisotopic (exact) mass is 436 g/mol. The Labute approximate surface area is 179 Å². The largest absolute Gasteiger partial charge is 0.494 e. The van der Waals surface area contributed by atoms with Crippen molar-refractivity contribution in [3.05, 3.63) is 59.2 Å². The van der Waals surface area contributed by atoms with Crippen LogP contribution in [0.3, 0.4) is 0 Å². The van der Waals surface area contributed by atoms with Gasteiger partial charge in [0.1, 0.15) is 23.0 Å². The molecule has 0 bridgehead atoms. The van der Waals surface area contributed by atoms with Crippen LogP contribution in [0.4, 0.5) is 19.3 Å². The highest BCUT2D eigenvalue weighted by atomic mass is 19.1. The fraction of sp³-hybridized carbons (Fsp3) is 0.364. The fourth-order valence-electron chi connectivity index (χ4n) is 2.70. The first kappa shape index (κ1) is 23.9. The van der Waals surface area contributed by atoms with Crippen molar-refractivity contribution in [2.24, 2.45) is 0 Å². The Bertz CT molecular complexity index is 944. The summed E-state index contributed by atoms with van der Waals surface area (Å²) in [5, 5.41) is 14.6. The standard InChI is InChI=1S/C22H26F2N2O5/c1-5-30-15-8-9-17(23)16(11-15)19(20(27)28)26-14-7-6-13(18(24)10-14)12-25-21(29)31-22(2,3)4/h6-11,19,26H,5,12H2,1-4H3,(H,25,29)(H,27,28). The van der Waals surface area contributed by atoms with Crippen molar-refractivity contribution in [3.8, 4) is 5.75 Å². The molecule has 0 saturated heterocycles. The first-order valence-electron chi connectivity index (χ1n) is 9.67. The molecule has 9 heteroatoms. The van der Waals surface area contributed by atoms with Crippen molar-refractivity contribution in [3.63, 3.8) is 0 Å². The van der Waals surface area contributed by atoms with Gasteiger partial charge in [0.2, 0.25) is 0 Å². The van der Waals surface area contributed by atoms with E-state index in [2.05, 4.69) is 10.6 Å². The molecule has 3 N–H and O–H groups in total. The Balaban J connectivity index is 2.15. The lowest BCUT2D eigenvalue weighted by Gasteiger charge is -2.20. The topological polar surface area (TPSA) is 96.9 Å². The summed E-state index contributed by atoms with van der Waals surface area (Å²) >= 11 is 0. The maximum atomic E-state index is 14.5. The Morgan fingerprint density at radius 1 is 1.10 bits per heavy atom. The molecule has 2 aromatic rings. The van der Waals surface area contributed by atoms with E-state index in [-0.39, 0.29) is 23.4 Å². The molecular formula is C22H26F2N2O5. The molecule has 0 aliphatic heterocycles. The van der Waals surface area contributed by atoms with E-state index in [1.165, 1.54) is 24.3 Å². The molecule has 0 aromatic heterocycles. The number of nitrogens with one attached hydrogen (secondary N) is 2. The van der Waals surface area contributed by atoms with Crippen LogP contribution in [-0.4, -0.2) is 29.4 Å². The fourth-order valence-corrected chi connectivity index (χ4v) is 2.70. The summed E-state index contributed by atoms with van der Waals surface area (Å²) in [6, 6.07) is 6.24. The number of halogens is 2. The molecule has 1 atom stereocenters. The van der Waals surface area contributed by atoms with Gasteiger partial charge < -0.3 is 25.2 Å². The van der Waals surface area contributed by atoms with E-state index in [4.69, 9.17) is 9.47 Å². The number of rotatable bonds is 8. The Morgan fingerprint density at radius 2 is 1.81 bits per heavy atom. The van der Waals surface area contributed by atoms with Gasteiger partial charge in [-0.05, 0) is 58.0 Å². The van der Waals surface area contributed by atoms with Gasteiger partial charge in [-0.25, -0.2) is 18.4 Å². The average Bonchev–Trinajstić information content (AvgIpc) is 2.66. The van der Waals surface area contributed by atoms with Crippen LogP contribution in [0.2, 0.25) is 0 Å². The number of alkyl carbamates (subject to hydrolysis) is 1. The van der Waals surface area contributed by atoms with Crippen LogP contribution < -0.4 is 15.4 Å². The maximum Gasteiger partial charge on any atom is 0.407 e. The Hall–Kier alpha value is -3.36. The lowest BCUT2D eigenvalue weighted by molar-refractivity contribution is -0.138. The number of anilines is 1. The lowest BCUT2D eigenvalue weighted by atomic mass is 10.0. The predicted molar refractivity (Wildman–Crippen MR) is 111 cm³/mol. The summed E-state index contributed by atoms with van der Waals surface area (Å²) in [5.41, 5.74) is -0.522. The van der Waals surface area contributed by atoms with Crippen molar-refractivity contribution in [2.45, 2.75) is 45.9 Å². The smallest absolute Gasteiger partial charge is 0.407 e. The van der Waals surface area contributed by atoms with Gasteiger partial charge in [0.15, 0.2) is 6.04 Å². The number of aliphatic carboxylic acids is 1. The minimum absolute atomic E-state index is 0.117. The molecule has 0 fully saturated rings. The minimum atomic E-state index is -1.47. The molecule has 0 saturated carbocycles. The first-order valence-corrected chi connectivity index (χ1v) is 9.67. The molecule has 2 aromatic carbocycles. The number of carboxylic acid groups (broad SMARTS) is 1. The number of amides is 1. The molecule has 0 radical (unpaired) electrons. The third-order valence-electron chi connectivity index (χ3n) is 4.02. The second-order valence-corrected chi connectivity index (χ2v) is 7.69. The normalized spacial score (nSPS) is 12.1. The van der Waals surface area contributed by atoms with Gasteiger partial charge in [0.05, 0.1) is 6.61 Å². The number of hydrogen-bond acceptors (Lipinski definition) is 5. The van der Waals surface area contributed by atoms with Gasteiger partial charge in [0, 0.05) is 23.4 Å². The van der Waals surface area contributed by atoms with Gasteiger partial charge in [-0.2, -0.15) is 0 Å². The minimum Gasteiger partial charge on any atom is -0.494 e. The van der Waals surface area contributed by atoms with Crippen molar-refractivity contribution in [1.29, 1.82) is 0 Å². The molecule has 2 rings (SSSR count). The highest BCUT2D eigenvalue weighted by molar-refractivity contribution is 5.79. The van der Waals surface area contributed by atoms with Gasteiger partial charge >= 0.3 is 12.1 Å². The summed E-state index contributed by atoms with van der Waals surface area (Å²) < 4.78 is 39.1. The second-order valence-electron chi connectivity index (χ2n) is 7.69. The zero-order valence-electron chi connectivity index (χ0n) is 17.8. The zero-order chi connectivity index (χ0) is 23.2. The van der Waals surface area contributed by atoms with E-state index in [9.17, 15) is 23.5 Å². The summed E-state index contributed by atoms with van der Waals surface area (Å²) in [6.07, 6.45) is -0.690. The summed E-state index contributed by atoms with van der Waals surface area (Å²) in [7, 11) is 0. The molecule has 1 unspecified atom stereocenters. The molecule has 31 heavy (non-hydrogen) atoms. The van der Waals surface area contributed by atoms with Crippen molar-refractivity contribution in [2.75, 3.05) is 11.9 Å². The van der Waals surface area contributed by atoms with E-state index < -0.39 is 35.3 Å². The predicted octanol–water partition coefficient (Wildman–Crippen LogP) is 4.63. The quantitative estimate of drug-likeness (QED) is 0.559. The van der Waals surface area contributed by atoms with Crippen molar-refractivity contribution < 1.29 is 33.0 Å². The van der Waals surface area contributed by atoms with E-state index in [1.807, 2.05) is 0 Å². The van der Waals surface area contributed by atoms with Crippen LogP contribution in [0, 0.1) is 11.6 Å². The van der Waals surface area contributed by atoms with Crippen LogP contribution in [0.15, 0.2) is 36.4 Å². The second kappa shape index (κ2) is 10.1. The van der Waals surface area contributed by atoms with Crippen LogP contribution in [0.5, 0.6) is 5.75 Å². The number of carbonyl (C=O) groups is 2. The third kappa shape index (κ3) is 7.13. The van der Waals surface area contributed by atoms with Gasteiger partial charge in [0.25, 0.3) is 0 Å². The zero-order valence-corrected chi connectivity index (χ0v) is 17.8. The van der Waals surface area contributed by atoms with Crippen LogP contribution in [0.25, 0.3) is 0 Å². The number of ether oxygens (including phenoxy) is 2. The average molecular weight is 436 g/mol. The molecule has 0 heterocycles. The third-order valence-corrected chi connectivity index (χ3v) is 4.02. The SMILES string of the molecule is CCOc1ccc(F)c(C(Nc2ccc(CNC(=O)OC(C)(C)C)c(F)c2)C(=O)O)c1. The van der Waals surface area contributed by atoms with Gasteiger partial charge in [-0.1, -0.05) is 6.07 Å². The molecule has 168 valence electrons. The molecule has 0 aliphatic rings. The highest BCUT2D eigenvalue weighted by Crippen LogP contribution is 2.27. The van der Waals surface area contributed by atoms with E-state index in [1.54, 1.807) is 27.7 Å². The summed E-state index contributed by atoms with van der Waals surface area (Å²) in [6.45, 7) is 7.09. The Morgan fingerprint density at radius 3 is 2.39 bits per heavy atom. The van der Waals surface area contributed by atoms with Crippen molar-refractivity contribution in [1.82, 2.24) is 5.32 Å². The highest BCUT2D eigenvalue weighted by Gasteiger charge is 2.24. The summed E-state index contributed by atoms with van der Waals surface area (Å²) in [4.78, 5) is 23.5. The van der Waals surface area contributed by atoms with Crippen LogP contribution in [-0.2, 0) is 16.1 Å².